The summed E-state index contributed by atoms with van der Waals surface area (Å²) in [5, 5.41) is 0. The van der Waals surface area contributed by atoms with Gasteiger partial charge in [-0.3, -0.25) is 0 Å². The molecule has 5 heteroatoms. The van der Waals surface area contributed by atoms with Gasteiger partial charge in [0.15, 0.2) is 16.6 Å². The van der Waals surface area contributed by atoms with Crippen LogP contribution in [0.15, 0.2) is 0 Å². The van der Waals surface area contributed by atoms with Crippen LogP contribution in [0.1, 0.15) is 0 Å². The van der Waals surface area contributed by atoms with Crippen molar-refractivity contribution in [2.24, 2.45) is 0 Å². The third-order valence-corrected chi connectivity index (χ3v) is 13.8. The van der Waals surface area contributed by atoms with Gasteiger partial charge >= 0.3 is 0 Å². The summed E-state index contributed by atoms with van der Waals surface area (Å²) in [6, 6.07) is 0. The van der Waals surface area contributed by atoms with E-state index < -0.39 is 16.6 Å². The van der Waals surface area contributed by atoms with Gasteiger partial charge in [0, 0.05) is 9.91 Å². The molecule has 0 aromatic rings. The van der Waals surface area contributed by atoms with Crippen LogP contribution in [0.3, 0.4) is 0 Å². The molecular weight excluding hydrogens is 304 g/mol. The van der Waals surface area contributed by atoms with Crippen molar-refractivity contribution in [2.45, 2.75) is 26.2 Å². The zero-order valence-corrected chi connectivity index (χ0v) is 12.8. The molecule has 0 heterocycles. The first-order chi connectivity index (χ1) is 4.83. The highest BCUT2D eigenvalue weighted by atomic mass is 79.9. The van der Waals surface area contributed by atoms with Gasteiger partial charge in [0.05, 0.1) is 0 Å². The third-order valence-electron chi connectivity index (χ3n) is 1.12. The van der Waals surface area contributed by atoms with Crippen LogP contribution >= 0.6 is 31.9 Å². The molecule has 0 amide bonds. The fourth-order valence-corrected chi connectivity index (χ4v) is 12.1. The van der Waals surface area contributed by atoms with Crippen molar-refractivity contribution in [1.29, 1.82) is 0 Å². The maximum Gasteiger partial charge on any atom is 0.197 e. The van der Waals surface area contributed by atoms with Crippen molar-refractivity contribution in [3.05, 3.63) is 0 Å². The average Bonchev–Trinajstić information content (AvgIpc) is 1.84. The molecule has 0 aliphatic rings. The Bertz CT molecular complexity index is 120. The van der Waals surface area contributed by atoms with E-state index in [0.29, 0.717) is 0 Å². The van der Waals surface area contributed by atoms with Gasteiger partial charge in [-0.05, 0) is 26.2 Å². The van der Waals surface area contributed by atoms with Gasteiger partial charge in [-0.2, -0.15) is 0 Å². The Balaban J connectivity index is 4.08. The quantitative estimate of drug-likeness (QED) is 0.571. The zero-order valence-electron chi connectivity index (χ0n) is 7.58. The van der Waals surface area contributed by atoms with E-state index in [2.05, 4.69) is 58.0 Å². The summed E-state index contributed by atoms with van der Waals surface area (Å²) >= 11 is 7.03. The van der Waals surface area contributed by atoms with Crippen LogP contribution in [0.2, 0.25) is 26.2 Å². The van der Waals surface area contributed by atoms with E-state index in [-0.39, 0.29) is 0 Å². The highest BCUT2D eigenvalue weighted by Gasteiger charge is 2.32. The Morgan fingerprint density at radius 3 is 1.45 bits per heavy atom. The minimum absolute atomic E-state index is 1.02. The maximum atomic E-state index is 6.11. The van der Waals surface area contributed by atoms with Crippen molar-refractivity contribution < 1.29 is 4.12 Å². The molecule has 11 heavy (non-hydrogen) atoms. The minimum atomic E-state index is -1.44. The molecule has 0 saturated carbocycles. The van der Waals surface area contributed by atoms with Crippen LogP contribution in [0, 0.1) is 0 Å². The first kappa shape index (κ1) is 12.4. The monoisotopic (exact) mass is 318 g/mol. The molecule has 0 fully saturated rings. The Hall–Kier alpha value is 1.35. The van der Waals surface area contributed by atoms with E-state index in [1.165, 1.54) is 0 Å². The molecule has 0 spiro atoms. The third kappa shape index (κ3) is 5.57. The lowest BCUT2D eigenvalue weighted by Crippen LogP contribution is -2.48. The summed E-state index contributed by atoms with van der Waals surface area (Å²) in [7, 11) is -2.77. The highest BCUT2D eigenvalue weighted by Crippen LogP contribution is 2.18. The van der Waals surface area contributed by atoms with Gasteiger partial charge in [-0.25, -0.2) is 0 Å². The number of hydrogen-bond acceptors (Lipinski definition) is 1. The zero-order chi connectivity index (χ0) is 9.12. The van der Waals surface area contributed by atoms with Gasteiger partial charge in [0.25, 0.3) is 0 Å². The lowest BCUT2D eigenvalue weighted by molar-refractivity contribution is 0.557. The molecule has 0 aromatic heterocycles. The van der Waals surface area contributed by atoms with Crippen LogP contribution in [0.5, 0.6) is 0 Å². The van der Waals surface area contributed by atoms with Crippen LogP contribution in [-0.2, 0) is 4.12 Å². The molecule has 1 nitrogen and oxygen atoms in total. The van der Waals surface area contributed by atoms with Crippen molar-refractivity contribution in [3.8, 4) is 0 Å². The van der Waals surface area contributed by atoms with Crippen LogP contribution in [0.25, 0.3) is 0 Å². The standard InChI is InChI=1S/C6H16Br2OSi2/c1-10(2,3)9-11(4,5-7)6-8/h5-6H2,1-4H3. The van der Waals surface area contributed by atoms with Crippen molar-refractivity contribution in [2.75, 3.05) is 9.91 Å². The molecule has 0 rings (SSSR count). The summed E-state index contributed by atoms with van der Waals surface area (Å²) in [6.07, 6.45) is 0. The minimum Gasteiger partial charge on any atom is -0.454 e. The molecule has 0 saturated heterocycles. The van der Waals surface area contributed by atoms with Gasteiger partial charge in [-0.1, -0.05) is 31.9 Å². The van der Waals surface area contributed by atoms with Crippen LogP contribution in [-0.4, -0.2) is 26.5 Å². The number of hydrogen-bond donors (Lipinski definition) is 0. The molecule has 0 aliphatic heterocycles. The number of alkyl halides is 2. The van der Waals surface area contributed by atoms with Crippen LogP contribution in [0.4, 0.5) is 0 Å². The topological polar surface area (TPSA) is 9.23 Å². The van der Waals surface area contributed by atoms with Crippen LogP contribution < -0.4 is 0 Å². The molecule has 0 unspecified atom stereocenters. The van der Waals surface area contributed by atoms with E-state index in [1.54, 1.807) is 0 Å². The fourth-order valence-electron chi connectivity index (χ4n) is 0.829. The second-order valence-electron chi connectivity index (χ2n) is 3.93. The lowest BCUT2D eigenvalue weighted by atomic mass is 11.8. The predicted molar refractivity (Wildman–Crippen MR) is 63.6 cm³/mol. The van der Waals surface area contributed by atoms with Crippen molar-refractivity contribution in [1.82, 2.24) is 0 Å². The van der Waals surface area contributed by atoms with E-state index in [0.717, 1.165) is 9.91 Å². The van der Waals surface area contributed by atoms with Gasteiger partial charge < -0.3 is 4.12 Å². The summed E-state index contributed by atoms with van der Waals surface area (Å²) in [6.45, 7) is 8.98. The fraction of sp³-hybridized carbons (Fsp3) is 1.00. The number of halogens is 2. The molecule has 68 valence electrons. The Labute approximate surface area is 88.4 Å². The first-order valence-electron chi connectivity index (χ1n) is 3.65. The second kappa shape index (κ2) is 4.55. The predicted octanol–water partition coefficient (Wildman–Crippen LogP) is 3.28. The van der Waals surface area contributed by atoms with E-state index in [1.807, 2.05) is 0 Å². The maximum absolute atomic E-state index is 6.11. The van der Waals surface area contributed by atoms with Gasteiger partial charge in [0.2, 0.25) is 0 Å². The van der Waals surface area contributed by atoms with Crippen molar-refractivity contribution in [3.63, 3.8) is 0 Å². The average molecular weight is 320 g/mol. The molecule has 0 aliphatic carbocycles. The molecule has 0 aromatic carbocycles. The molecule has 0 N–H and O–H groups in total. The van der Waals surface area contributed by atoms with E-state index >= 15 is 0 Å². The Kier molecular flexibility index (Phi) is 5.11. The van der Waals surface area contributed by atoms with Gasteiger partial charge in [0.1, 0.15) is 0 Å². The summed E-state index contributed by atoms with van der Waals surface area (Å²) < 4.78 is 6.11. The van der Waals surface area contributed by atoms with E-state index in [4.69, 9.17) is 4.12 Å². The molecule has 0 radical (unpaired) electrons. The molecule has 0 bridgehead atoms. The molecular formula is C6H16Br2OSi2. The SMILES string of the molecule is C[Si](C)(C)O[Si](C)(CBr)CBr. The molecule has 0 atom stereocenters. The largest absolute Gasteiger partial charge is 0.454 e. The normalized spacial score (nSPS) is 13.6. The lowest BCUT2D eigenvalue weighted by Gasteiger charge is -2.31. The van der Waals surface area contributed by atoms with Gasteiger partial charge in [-0.15, -0.1) is 0 Å². The Morgan fingerprint density at radius 2 is 1.36 bits per heavy atom. The smallest absolute Gasteiger partial charge is 0.197 e. The highest BCUT2D eigenvalue weighted by molar-refractivity contribution is 9.10. The van der Waals surface area contributed by atoms with E-state index in [9.17, 15) is 0 Å². The first-order valence-corrected chi connectivity index (χ1v) is 12.1. The number of rotatable bonds is 4. The second-order valence-corrected chi connectivity index (χ2v) is 15.8. The summed E-state index contributed by atoms with van der Waals surface area (Å²) in [4.78, 5) is 2.05. The summed E-state index contributed by atoms with van der Waals surface area (Å²) in [5.74, 6) is 0. The summed E-state index contributed by atoms with van der Waals surface area (Å²) in [5.41, 5.74) is 0. The van der Waals surface area contributed by atoms with Crippen molar-refractivity contribution >= 4 is 48.5 Å². The Morgan fingerprint density at radius 1 is 1.00 bits per heavy atom.